The Balaban J connectivity index is 5.75. The van der Waals surface area contributed by atoms with Gasteiger partial charge in [-0.15, -0.1) is 0 Å². The van der Waals surface area contributed by atoms with Gasteiger partial charge >= 0.3 is 5.97 Å². The maximum Gasteiger partial charge on any atom is 0.325 e. The van der Waals surface area contributed by atoms with Gasteiger partial charge in [-0.3, -0.25) is 38.8 Å². The molecule has 0 fully saturated rings. The van der Waals surface area contributed by atoms with Gasteiger partial charge in [-0.25, -0.2) is 0 Å². The van der Waals surface area contributed by atoms with Crippen LogP contribution in [0.1, 0.15) is 52.4 Å². The number of amides is 5. The molecule has 0 saturated carbocycles. The van der Waals surface area contributed by atoms with Crippen LogP contribution in [0.15, 0.2) is 9.98 Å². The second-order valence-electron chi connectivity index (χ2n) is 9.43. The number of nitrogens with zero attached hydrogens (tertiary/aromatic N) is 2. The molecular weight excluding hydrogens is 556 g/mol. The Hall–Kier alpha value is -4.68. The zero-order valence-electron chi connectivity index (χ0n) is 23.8. The van der Waals surface area contributed by atoms with Gasteiger partial charge < -0.3 is 60.8 Å². The van der Waals surface area contributed by atoms with Gasteiger partial charge in [0.25, 0.3) is 0 Å². The molecule has 0 rings (SSSR count). The number of nitrogens with two attached hydrogens (primary N) is 6. The number of primary amides is 1. The fraction of sp³-hybridized carbons (Fsp3) is 0.652. The van der Waals surface area contributed by atoms with Crippen molar-refractivity contribution in [1.29, 1.82) is 0 Å². The maximum absolute atomic E-state index is 13.3. The first-order valence-corrected chi connectivity index (χ1v) is 13.1. The highest BCUT2D eigenvalue weighted by atomic mass is 16.4. The molecule has 0 radical (unpaired) electrons. The van der Waals surface area contributed by atoms with Crippen molar-refractivity contribution in [3.63, 3.8) is 0 Å². The third-order valence-corrected chi connectivity index (χ3v) is 5.68. The SMILES string of the molecule is C[C@H](NC(=O)[C@H](C)NC(=O)[C@H](CCCN=C(N)N)NC(=O)[C@H](CCCN=C(N)N)NC(=O)[C@@H](N)CCC(N)=O)C(=O)O. The Kier molecular flexibility index (Phi) is 17.2. The molecule has 0 aliphatic carbocycles. The highest BCUT2D eigenvalue weighted by molar-refractivity contribution is 5.95. The Morgan fingerprint density at radius 1 is 0.643 bits per heavy atom. The van der Waals surface area contributed by atoms with E-state index in [1.54, 1.807) is 0 Å². The summed E-state index contributed by atoms with van der Waals surface area (Å²) >= 11 is 0. The van der Waals surface area contributed by atoms with Gasteiger partial charge in [-0.2, -0.15) is 0 Å². The van der Waals surface area contributed by atoms with Crippen LogP contribution >= 0.6 is 0 Å². The minimum atomic E-state index is -1.27. The average Bonchev–Trinajstić information content (AvgIpc) is 2.89. The predicted molar refractivity (Wildman–Crippen MR) is 153 cm³/mol. The number of carboxylic acids is 1. The summed E-state index contributed by atoms with van der Waals surface area (Å²) < 4.78 is 0. The molecule has 5 atom stereocenters. The first-order valence-electron chi connectivity index (χ1n) is 13.1. The van der Waals surface area contributed by atoms with Crippen LogP contribution in [-0.4, -0.2) is 95.8 Å². The lowest BCUT2D eigenvalue weighted by Crippen LogP contribution is -2.57. The van der Waals surface area contributed by atoms with E-state index in [1.807, 2.05) is 0 Å². The molecule has 42 heavy (non-hydrogen) atoms. The zero-order valence-corrected chi connectivity index (χ0v) is 23.8. The second-order valence-corrected chi connectivity index (χ2v) is 9.43. The van der Waals surface area contributed by atoms with Crippen LogP contribution in [-0.2, 0) is 28.8 Å². The van der Waals surface area contributed by atoms with Gasteiger partial charge in [-0.1, -0.05) is 0 Å². The van der Waals surface area contributed by atoms with Crippen molar-refractivity contribution in [2.75, 3.05) is 13.1 Å². The number of nitrogens with one attached hydrogen (secondary N) is 4. The topological polar surface area (TPSA) is 352 Å². The summed E-state index contributed by atoms with van der Waals surface area (Å²) in [6, 6.07) is -5.90. The van der Waals surface area contributed by atoms with Gasteiger partial charge in [-0.05, 0) is 46.0 Å². The summed E-state index contributed by atoms with van der Waals surface area (Å²) in [5.74, 6) is -5.27. The zero-order chi connectivity index (χ0) is 32.4. The maximum atomic E-state index is 13.3. The Bertz CT molecular complexity index is 1010. The van der Waals surface area contributed by atoms with E-state index in [9.17, 15) is 28.8 Å². The number of carbonyl (C=O) groups is 6. The molecule has 0 bridgehead atoms. The standard InChI is InChI=1S/C23H44N12O7/c1-11(17(37)33-12(2)21(41)42)32-19(39)14(5-3-9-30-22(26)27)35-20(40)15(6-4-10-31-23(28)29)34-18(38)13(24)7-8-16(25)36/h11-15H,3-10,24H2,1-2H3,(H2,25,36)(H,32,39)(H,33,37)(H,34,38)(H,35,40)(H,41,42)(H4,26,27,30)(H4,28,29,31)/t11-,12-,13-,14-,15-/m0/s1. The Labute approximate surface area is 243 Å². The highest BCUT2D eigenvalue weighted by Gasteiger charge is 2.29. The van der Waals surface area contributed by atoms with Gasteiger partial charge in [0, 0.05) is 19.5 Å². The van der Waals surface area contributed by atoms with Crippen LogP contribution < -0.4 is 55.7 Å². The minimum absolute atomic E-state index is 0.0288. The summed E-state index contributed by atoms with van der Waals surface area (Å²) in [7, 11) is 0. The number of carbonyl (C=O) groups excluding carboxylic acids is 5. The lowest BCUT2D eigenvalue weighted by Gasteiger charge is -2.25. The van der Waals surface area contributed by atoms with Crippen LogP contribution in [0.4, 0.5) is 0 Å². The van der Waals surface area contributed by atoms with Crippen molar-refractivity contribution in [2.45, 2.75) is 82.6 Å². The molecule has 0 aromatic heterocycles. The molecule has 19 heteroatoms. The van der Waals surface area contributed by atoms with Gasteiger partial charge in [0.05, 0.1) is 6.04 Å². The number of guanidine groups is 2. The molecule has 0 aliphatic heterocycles. The lowest BCUT2D eigenvalue weighted by molar-refractivity contribution is -0.141. The molecule has 17 N–H and O–H groups in total. The normalized spacial score (nSPS) is 14.1. The molecule has 238 valence electrons. The van der Waals surface area contributed by atoms with Crippen molar-refractivity contribution in [3.8, 4) is 0 Å². The molecule has 5 amide bonds. The number of carboxylic acid groups (broad SMARTS) is 1. The highest BCUT2D eigenvalue weighted by Crippen LogP contribution is 2.05. The van der Waals surface area contributed by atoms with Crippen LogP contribution in [0, 0.1) is 0 Å². The van der Waals surface area contributed by atoms with Crippen LogP contribution in [0.2, 0.25) is 0 Å². The van der Waals surface area contributed by atoms with E-state index in [1.165, 1.54) is 13.8 Å². The molecule has 0 heterocycles. The van der Waals surface area contributed by atoms with Gasteiger partial charge in [0.1, 0.15) is 24.2 Å². The smallest absolute Gasteiger partial charge is 0.325 e. The molecule has 0 aromatic carbocycles. The number of aliphatic carboxylic acids is 1. The van der Waals surface area contributed by atoms with Gasteiger partial charge in [0.15, 0.2) is 11.9 Å². The number of rotatable bonds is 20. The molecule has 0 saturated heterocycles. The van der Waals surface area contributed by atoms with E-state index in [4.69, 9.17) is 39.5 Å². The summed E-state index contributed by atoms with van der Waals surface area (Å²) in [4.78, 5) is 81.0. The molecule has 0 spiro atoms. The van der Waals surface area contributed by atoms with E-state index >= 15 is 0 Å². The molecular formula is C23H44N12O7. The van der Waals surface area contributed by atoms with Crippen LogP contribution in [0.3, 0.4) is 0 Å². The predicted octanol–water partition coefficient (Wildman–Crippen LogP) is -5.25. The Morgan fingerprint density at radius 2 is 1.07 bits per heavy atom. The number of aliphatic imine (C=N–C) groups is 2. The molecule has 0 unspecified atom stereocenters. The monoisotopic (exact) mass is 600 g/mol. The van der Waals surface area contributed by atoms with Gasteiger partial charge in [0.2, 0.25) is 29.5 Å². The van der Waals surface area contributed by atoms with E-state index in [2.05, 4.69) is 31.3 Å². The van der Waals surface area contributed by atoms with Crippen LogP contribution in [0.25, 0.3) is 0 Å². The Morgan fingerprint density at radius 3 is 1.50 bits per heavy atom. The van der Waals surface area contributed by atoms with E-state index < -0.39 is 65.7 Å². The third kappa shape index (κ3) is 16.4. The third-order valence-electron chi connectivity index (χ3n) is 5.68. The largest absolute Gasteiger partial charge is 0.480 e. The summed E-state index contributed by atoms with van der Waals surface area (Å²) in [5.41, 5.74) is 32.2. The van der Waals surface area contributed by atoms with E-state index in [0.717, 1.165) is 0 Å². The average molecular weight is 601 g/mol. The van der Waals surface area contributed by atoms with E-state index in [0.29, 0.717) is 0 Å². The molecule has 0 aliphatic rings. The fourth-order valence-electron chi connectivity index (χ4n) is 3.30. The summed E-state index contributed by atoms with van der Waals surface area (Å²) in [6.07, 6.45) is 0.371. The molecule has 0 aromatic rings. The lowest BCUT2D eigenvalue weighted by atomic mass is 10.1. The van der Waals surface area contributed by atoms with Crippen molar-refractivity contribution in [1.82, 2.24) is 21.3 Å². The van der Waals surface area contributed by atoms with Crippen molar-refractivity contribution in [2.24, 2.45) is 44.4 Å². The van der Waals surface area contributed by atoms with Crippen LogP contribution in [0.5, 0.6) is 0 Å². The second kappa shape index (κ2) is 19.4. The quantitative estimate of drug-likeness (QED) is 0.0354. The number of hydrogen-bond acceptors (Lipinski definition) is 9. The first-order chi connectivity index (χ1) is 19.5. The van der Waals surface area contributed by atoms with Crippen molar-refractivity contribution in [3.05, 3.63) is 0 Å². The molecule has 19 nitrogen and oxygen atoms in total. The first kappa shape index (κ1) is 37.3. The van der Waals surface area contributed by atoms with Crippen molar-refractivity contribution < 1.29 is 33.9 Å². The van der Waals surface area contributed by atoms with Crippen molar-refractivity contribution >= 4 is 47.4 Å². The number of hydrogen-bond donors (Lipinski definition) is 11. The summed E-state index contributed by atoms with van der Waals surface area (Å²) in [5, 5.41) is 18.7. The summed E-state index contributed by atoms with van der Waals surface area (Å²) in [6.45, 7) is 2.85. The van der Waals surface area contributed by atoms with E-state index in [-0.39, 0.29) is 63.5 Å². The minimum Gasteiger partial charge on any atom is -0.480 e. The fourth-order valence-corrected chi connectivity index (χ4v) is 3.30.